The van der Waals surface area contributed by atoms with E-state index in [2.05, 4.69) is 0 Å². The SMILES string of the molecule is Cc1ccc(C)c2c1C(=O)N(CC(C)(C)N)C2=O. The van der Waals surface area contributed by atoms with Crippen LogP contribution in [0, 0.1) is 13.8 Å². The van der Waals surface area contributed by atoms with Crippen molar-refractivity contribution in [2.24, 2.45) is 5.73 Å². The highest BCUT2D eigenvalue weighted by Crippen LogP contribution is 2.29. The Bertz CT molecular complexity index is 500. The molecule has 0 unspecified atom stereocenters. The number of nitrogens with two attached hydrogens (primary N) is 1. The lowest BCUT2D eigenvalue weighted by Crippen LogP contribution is -2.47. The van der Waals surface area contributed by atoms with Crippen molar-refractivity contribution in [2.75, 3.05) is 6.54 Å². The maximum Gasteiger partial charge on any atom is 0.261 e. The summed E-state index contributed by atoms with van der Waals surface area (Å²) < 4.78 is 0. The summed E-state index contributed by atoms with van der Waals surface area (Å²) in [5.41, 5.74) is 8.06. The quantitative estimate of drug-likeness (QED) is 0.807. The Kier molecular flexibility index (Phi) is 2.78. The molecule has 0 aromatic heterocycles. The predicted octanol–water partition coefficient (Wildman–Crippen LogP) is 1.64. The normalized spacial score (nSPS) is 15.3. The van der Waals surface area contributed by atoms with E-state index < -0.39 is 5.54 Å². The van der Waals surface area contributed by atoms with Gasteiger partial charge in [-0.05, 0) is 38.8 Å². The lowest BCUT2D eigenvalue weighted by molar-refractivity contribution is 0.0625. The molecule has 4 heteroatoms. The second-order valence-corrected chi connectivity index (χ2v) is 5.63. The Balaban J connectivity index is 2.51. The molecule has 0 saturated carbocycles. The van der Waals surface area contributed by atoms with Gasteiger partial charge in [0.2, 0.25) is 0 Å². The molecule has 0 spiro atoms. The van der Waals surface area contributed by atoms with Crippen molar-refractivity contribution < 1.29 is 9.59 Å². The van der Waals surface area contributed by atoms with Gasteiger partial charge >= 0.3 is 0 Å². The number of carbonyl (C=O) groups excluding carboxylic acids is 2. The predicted molar refractivity (Wildman–Crippen MR) is 69.5 cm³/mol. The van der Waals surface area contributed by atoms with E-state index >= 15 is 0 Å². The van der Waals surface area contributed by atoms with Crippen LogP contribution in [-0.2, 0) is 0 Å². The average molecular weight is 246 g/mol. The largest absolute Gasteiger partial charge is 0.324 e. The Morgan fingerprint density at radius 2 is 1.44 bits per heavy atom. The first-order valence-electron chi connectivity index (χ1n) is 5.97. The summed E-state index contributed by atoms with van der Waals surface area (Å²) in [5.74, 6) is -0.454. The van der Waals surface area contributed by atoms with Crippen molar-refractivity contribution in [1.29, 1.82) is 0 Å². The summed E-state index contributed by atoms with van der Waals surface area (Å²) in [4.78, 5) is 25.9. The third kappa shape index (κ3) is 1.93. The van der Waals surface area contributed by atoms with Crippen LogP contribution in [-0.4, -0.2) is 28.8 Å². The highest BCUT2D eigenvalue weighted by molar-refractivity contribution is 6.22. The molecule has 96 valence electrons. The van der Waals surface area contributed by atoms with Crippen molar-refractivity contribution >= 4 is 11.8 Å². The molecule has 0 aliphatic carbocycles. The van der Waals surface area contributed by atoms with Crippen LogP contribution in [0.4, 0.5) is 0 Å². The van der Waals surface area contributed by atoms with Crippen LogP contribution in [0.25, 0.3) is 0 Å². The topological polar surface area (TPSA) is 63.4 Å². The minimum Gasteiger partial charge on any atom is -0.324 e. The van der Waals surface area contributed by atoms with Crippen LogP contribution in [0.15, 0.2) is 12.1 Å². The van der Waals surface area contributed by atoms with Crippen LogP contribution in [0.3, 0.4) is 0 Å². The molecule has 2 rings (SSSR count). The van der Waals surface area contributed by atoms with Gasteiger partial charge < -0.3 is 5.73 Å². The summed E-state index contributed by atoms with van der Waals surface area (Å²) in [5, 5.41) is 0. The molecule has 0 saturated heterocycles. The number of carbonyl (C=O) groups is 2. The minimum absolute atomic E-state index is 0.227. The zero-order chi connectivity index (χ0) is 13.7. The summed E-state index contributed by atoms with van der Waals surface area (Å²) >= 11 is 0. The van der Waals surface area contributed by atoms with Crippen molar-refractivity contribution in [3.63, 3.8) is 0 Å². The van der Waals surface area contributed by atoms with E-state index in [0.29, 0.717) is 11.1 Å². The van der Waals surface area contributed by atoms with Crippen LogP contribution >= 0.6 is 0 Å². The number of nitrogens with zero attached hydrogens (tertiary/aromatic N) is 1. The molecule has 0 atom stereocenters. The molecule has 2 N–H and O–H groups in total. The van der Waals surface area contributed by atoms with Gasteiger partial charge in [0.1, 0.15) is 0 Å². The molecule has 18 heavy (non-hydrogen) atoms. The third-order valence-corrected chi connectivity index (χ3v) is 3.11. The van der Waals surface area contributed by atoms with E-state index in [1.807, 2.05) is 26.0 Å². The van der Waals surface area contributed by atoms with E-state index in [-0.39, 0.29) is 18.4 Å². The molecule has 1 aromatic rings. The summed E-state index contributed by atoms with van der Waals surface area (Å²) in [6.07, 6.45) is 0. The number of benzene rings is 1. The molecule has 0 bridgehead atoms. The van der Waals surface area contributed by atoms with Gasteiger partial charge in [0.05, 0.1) is 11.1 Å². The molecule has 1 aromatic carbocycles. The average Bonchev–Trinajstić information content (AvgIpc) is 2.48. The fourth-order valence-electron chi connectivity index (χ4n) is 2.28. The van der Waals surface area contributed by atoms with E-state index in [9.17, 15) is 9.59 Å². The third-order valence-electron chi connectivity index (χ3n) is 3.11. The molecule has 1 heterocycles. The van der Waals surface area contributed by atoms with E-state index in [4.69, 9.17) is 5.73 Å². The van der Waals surface area contributed by atoms with Crippen LogP contribution in [0.5, 0.6) is 0 Å². The number of rotatable bonds is 2. The molecule has 2 amide bonds. The van der Waals surface area contributed by atoms with Gasteiger partial charge in [-0.3, -0.25) is 14.5 Å². The highest BCUT2D eigenvalue weighted by atomic mass is 16.2. The Hall–Kier alpha value is -1.68. The van der Waals surface area contributed by atoms with Gasteiger partial charge in [0, 0.05) is 12.1 Å². The number of fused-ring (bicyclic) bond motifs is 1. The summed E-state index contributed by atoms with van der Waals surface area (Å²) in [7, 11) is 0. The second-order valence-electron chi connectivity index (χ2n) is 5.63. The molecule has 4 nitrogen and oxygen atoms in total. The van der Waals surface area contributed by atoms with Crippen LogP contribution in [0.2, 0.25) is 0 Å². The molecule has 1 aliphatic heterocycles. The van der Waals surface area contributed by atoms with Crippen molar-refractivity contribution in [2.45, 2.75) is 33.2 Å². The summed E-state index contributed by atoms with van der Waals surface area (Å²) in [6.45, 7) is 7.53. The Morgan fingerprint density at radius 1 is 1.06 bits per heavy atom. The smallest absolute Gasteiger partial charge is 0.261 e. The molecule has 0 fully saturated rings. The second kappa shape index (κ2) is 3.92. The monoisotopic (exact) mass is 246 g/mol. The Labute approximate surface area is 107 Å². The zero-order valence-electron chi connectivity index (χ0n) is 11.2. The van der Waals surface area contributed by atoms with Crippen molar-refractivity contribution in [3.8, 4) is 0 Å². The number of aryl methyl sites for hydroxylation is 2. The minimum atomic E-state index is -0.588. The van der Waals surface area contributed by atoms with E-state index in [0.717, 1.165) is 11.1 Å². The summed E-state index contributed by atoms with van der Waals surface area (Å²) in [6, 6.07) is 3.74. The number of imide groups is 1. The first kappa shape index (κ1) is 12.8. The Morgan fingerprint density at radius 3 is 1.78 bits per heavy atom. The first-order valence-corrected chi connectivity index (χ1v) is 5.97. The number of amides is 2. The van der Waals surface area contributed by atoms with Gasteiger partial charge in [-0.2, -0.15) is 0 Å². The standard InChI is InChI=1S/C14H18N2O2/c1-8-5-6-9(2)11-10(8)12(17)16(13(11)18)7-14(3,4)15/h5-6H,7,15H2,1-4H3. The van der Waals surface area contributed by atoms with Gasteiger partial charge in [-0.25, -0.2) is 0 Å². The van der Waals surface area contributed by atoms with Crippen molar-refractivity contribution in [3.05, 3.63) is 34.4 Å². The van der Waals surface area contributed by atoms with Gasteiger partial charge in [-0.15, -0.1) is 0 Å². The van der Waals surface area contributed by atoms with Gasteiger partial charge in [0.25, 0.3) is 11.8 Å². The molecule has 1 aliphatic rings. The van der Waals surface area contributed by atoms with Crippen LogP contribution < -0.4 is 5.73 Å². The maximum absolute atomic E-state index is 12.3. The molecular weight excluding hydrogens is 228 g/mol. The number of hydrogen-bond acceptors (Lipinski definition) is 3. The molecular formula is C14H18N2O2. The zero-order valence-corrected chi connectivity index (χ0v) is 11.2. The van der Waals surface area contributed by atoms with Gasteiger partial charge in [-0.1, -0.05) is 12.1 Å². The number of hydrogen-bond donors (Lipinski definition) is 1. The van der Waals surface area contributed by atoms with E-state index in [1.165, 1.54) is 4.90 Å². The lowest BCUT2D eigenvalue weighted by atomic mass is 9.99. The maximum atomic E-state index is 12.3. The van der Waals surface area contributed by atoms with E-state index in [1.54, 1.807) is 13.8 Å². The molecule has 0 radical (unpaired) electrons. The van der Waals surface area contributed by atoms with Gasteiger partial charge in [0.15, 0.2) is 0 Å². The fourth-order valence-corrected chi connectivity index (χ4v) is 2.28. The fraction of sp³-hybridized carbons (Fsp3) is 0.429. The van der Waals surface area contributed by atoms with Crippen LogP contribution in [0.1, 0.15) is 45.7 Å². The first-order chi connectivity index (χ1) is 8.22. The highest BCUT2D eigenvalue weighted by Gasteiger charge is 2.39. The lowest BCUT2D eigenvalue weighted by Gasteiger charge is -2.24. The van der Waals surface area contributed by atoms with Crippen molar-refractivity contribution in [1.82, 2.24) is 4.90 Å².